The van der Waals surface area contributed by atoms with E-state index >= 15 is 0 Å². The monoisotopic (exact) mass is 223 g/mol. The maximum absolute atomic E-state index is 8.68. The second-order valence-corrected chi connectivity index (χ2v) is 0.816. The molecule has 0 spiro atoms. The van der Waals surface area contributed by atoms with Gasteiger partial charge in [0.2, 0.25) is 0 Å². The standard InChI is InChI=1S/4C2H3O.V/c4*1-2-3;/h4*1H3;/q4*-1;+4. The van der Waals surface area contributed by atoms with Gasteiger partial charge in [0.1, 0.15) is 0 Å². The van der Waals surface area contributed by atoms with E-state index in [0.29, 0.717) is 0 Å². The zero-order valence-corrected chi connectivity index (χ0v) is 9.48. The van der Waals surface area contributed by atoms with Crippen LogP contribution in [0, 0.1) is 0 Å². The quantitative estimate of drug-likeness (QED) is 0.559. The van der Waals surface area contributed by atoms with Crippen molar-refractivity contribution in [2.24, 2.45) is 0 Å². The van der Waals surface area contributed by atoms with Crippen molar-refractivity contribution >= 4 is 25.1 Å². The van der Waals surface area contributed by atoms with Crippen LogP contribution in [0.5, 0.6) is 0 Å². The van der Waals surface area contributed by atoms with E-state index in [0.717, 1.165) is 0 Å². The van der Waals surface area contributed by atoms with Crippen LogP contribution in [0.3, 0.4) is 0 Å². The Labute approximate surface area is 91.0 Å². The third kappa shape index (κ3) is 1790. The summed E-state index contributed by atoms with van der Waals surface area (Å²) < 4.78 is 0. The Bertz CT molecular complexity index is 70.1. The largest absolute Gasteiger partial charge is 4.00 e. The minimum absolute atomic E-state index is 0. The van der Waals surface area contributed by atoms with Gasteiger partial charge in [-0.15, -0.1) is 0 Å². The number of hydrogen-bond acceptors (Lipinski definition) is 4. The molecule has 0 N–H and O–H groups in total. The first kappa shape index (κ1) is 29.5. The van der Waals surface area contributed by atoms with Gasteiger partial charge in [-0.3, -0.25) is 25.1 Å². The van der Waals surface area contributed by atoms with E-state index in [1.54, 1.807) is 0 Å². The van der Waals surface area contributed by atoms with E-state index in [1.165, 1.54) is 52.8 Å². The molecule has 0 aromatic carbocycles. The van der Waals surface area contributed by atoms with Gasteiger partial charge >= 0.3 is 18.6 Å². The molecule has 0 rings (SSSR count). The summed E-state index contributed by atoms with van der Waals surface area (Å²) in [4.78, 5) is 34.7. The molecule has 0 aliphatic heterocycles. The molecular weight excluding hydrogens is 211 g/mol. The van der Waals surface area contributed by atoms with Crippen LogP contribution in [0.1, 0.15) is 27.7 Å². The summed E-state index contributed by atoms with van der Waals surface area (Å²) in [5.74, 6) is 0. The van der Waals surface area contributed by atoms with E-state index in [1.807, 2.05) is 0 Å². The van der Waals surface area contributed by atoms with Gasteiger partial charge in [-0.2, -0.15) is 27.7 Å². The smallest absolute Gasteiger partial charge is 0.542 e. The van der Waals surface area contributed by atoms with Gasteiger partial charge in [0.15, 0.2) is 0 Å². The fourth-order valence-electron chi connectivity index (χ4n) is 0. The number of carbonyl (C=O) groups excluding carboxylic acids is 4. The zero-order valence-electron chi connectivity index (χ0n) is 8.08. The predicted molar refractivity (Wildman–Crippen MR) is 45.5 cm³/mol. The summed E-state index contributed by atoms with van der Waals surface area (Å²) in [7, 11) is 0. The van der Waals surface area contributed by atoms with Gasteiger partial charge in [-0.25, -0.2) is 0 Å². The molecule has 0 saturated heterocycles. The minimum atomic E-state index is 0. The Balaban J connectivity index is -0.0000000213. The SMILES string of the molecule is C[C-]=O.C[C-]=O.C[C-]=O.C[C-]=O.[V+4]. The Morgan fingerprint density at radius 3 is 0.538 bits per heavy atom. The van der Waals surface area contributed by atoms with Crippen LogP contribution in [-0.2, 0) is 37.7 Å². The van der Waals surface area contributed by atoms with Crippen LogP contribution in [0.2, 0.25) is 0 Å². The molecule has 5 heteroatoms. The van der Waals surface area contributed by atoms with Crippen molar-refractivity contribution < 1.29 is 37.7 Å². The van der Waals surface area contributed by atoms with Gasteiger partial charge in [-0.1, -0.05) is 0 Å². The maximum Gasteiger partial charge on any atom is 4.00 e. The Morgan fingerprint density at radius 2 is 0.538 bits per heavy atom. The number of hydrogen-bond donors (Lipinski definition) is 0. The van der Waals surface area contributed by atoms with Crippen LogP contribution in [0.15, 0.2) is 0 Å². The first-order valence-electron chi connectivity index (χ1n) is 2.82. The van der Waals surface area contributed by atoms with Crippen molar-refractivity contribution in [2.45, 2.75) is 27.7 Å². The van der Waals surface area contributed by atoms with Crippen molar-refractivity contribution in [3.8, 4) is 0 Å². The summed E-state index contributed by atoms with van der Waals surface area (Å²) in [6.45, 7) is 5.28. The molecule has 0 saturated carbocycles. The molecule has 0 atom stereocenters. The molecule has 0 aliphatic carbocycles. The second-order valence-electron chi connectivity index (χ2n) is 0.816. The topological polar surface area (TPSA) is 68.3 Å². The fourth-order valence-corrected chi connectivity index (χ4v) is 0. The van der Waals surface area contributed by atoms with Gasteiger partial charge in [-0.05, 0) is 0 Å². The summed E-state index contributed by atoms with van der Waals surface area (Å²) in [5, 5.41) is 0. The fraction of sp³-hybridized carbons (Fsp3) is 0.500. The second kappa shape index (κ2) is 111. The van der Waals surface area contributed by atoms with Crippen LogP contribution < -0.4 is 0 Å². The molecule has 4 nitrogen and oxygen atoms in total. The van der Waals surface area contributed by atoms with Crippen LogP contribution in [-0.4, -0.2) is 25.1 Å². The molecule has 0 aliphatic rings. The van der Waals surface area contributed by atoms with E-state index in [4.69, 9.17) is 19.2 Å². The van der Waals surface area contributed by atoms with Crippen LogP contribution >= 0.6 is 0 Å². The molecule has 73 valence electrons. The average molecular weight is 223 g/mol. The van der Waals surface area contributed by atoms with Crippen LogP contribution in [0.4, 0.5) is 0 Å². The molecule has 0 amide bonds. The third-order valence-corrected chi connectivity index (χ3v) is 0. The van der Waals surface area contributed by atoms with E-state index in [9.17, 15) is 0 Å². The Kier molecular flexibility index (Phi) is 253. The minimum Gasteiger partial charge on any atom is -0.542 e. The Morgan fingerprint density at radius 1 is 0.538 bits per heavy atom. The van der Waals surface area contributed by atoms with Crippen molar-refractivity contribution in [1.29, 1.82) is 0 Å². The first-order chi connectivity index (χ1) is 5.66. The van der Waals surface area contributed by atoms with Gasteiger partial charge in [0.05, 0.1) is 0 Å². The van der Waals surface area contributed by atoms with Gasteiger partial charge in [0.25, 0.3) is 0 Å². The maximum atomic E-state index is 8.68. The Hall–Kier alpha value is -0.736. The molecule has 1 radical (unpaired) electrons. The van der Waals surface area contributed by atoms with Crippen molar-refractivity contribution in [3.05, 3.63) is 0 Å². The average Bonchev–Trinajstić information content (AvgIpc) is 1.92. The molecule has 0 aromatic rings. The van der Waals surface area contributed by atoms with Crippen LogP contribution in [0.25, 0.3) is 0 Å². The molecule has 0 heterocycles. The summed E-state index contributed by atoms with van der Waals surface area (Å²) in [6.07, 6.45) is 6.00. The summed E-state index contributed by atoms with van der Waals surface area (Å²) >= 11 is 0. The molecule has 0 bridgehead atoms. The van der Waals surface area contributed by atoms with Crippen molar-refractivity contribution in [3.63, 3.8) is 0 Å². The molecule has 0 unspecified atom stereocenters. The molecular formula is C8H12O4V. The van der Waals surface area contributed by atoms with Gasteiger partial charge in [0, 0.05) is 0 Å². The number of rotatable bonds is 0. The molecule has 0 fully saturated rings. The van der Waals surface area contributed by atoms with Gasteiger partial charge < -0.3 is 19.2 Å². The van der Waals surface area contributed by atoms with E-state index < -0.39 is 0 Å². The summed E-state index contributed by atoms with van der Waals surface area (Å²) in [5.41, 5.74) is 0. The normalized spacial score (nSPS) is 4.00. The zero-order chi connectivity index (χ0) is 10.8. The molecule has 13 heavy (non-hydrogen) atoms. The van der Waals surface area contributed by atoms with E-state index in [2.05, 4.69) is 0 Å². The first-order valence-corrected chi connectivity index (χ1v) is 2.82. The summed E-state index contributed by atoms with van der Waals surface area (Å²) in [6, 6.07) is 0. The predicted octanol–water partition coefficient (Wildman–Crippen LogP) is 0.462. The van der Waals surface area contributed by atoms with E-state index in [-0.39, 0.29) is 18.6 Å². The third-order valence-electron chi connectivity index (χ3n) is 0. The van der Waals surface area contributed by atoms with Crippen molar-refractivity contribution in [2.75, 3.05) is 0 Å². The van der Waals surface area contributed by atoms with Crippen molar-refractivity contribution in [1.82, 2.24) is 0 Å². The molecule has 0 aromatic heterocycles.